The Morgan fingerprint density at radius 1 is 1.14 bits per heavy atom. The zero-order valence-corrected chi connectivity index (χ0v) is 14.4. The molecule has 2 unspecified atom stereocenters. The molecule has 0 aliphatic carbocycles. The molecule has 2 fully saturated rings. The van der Waals surface area contributed by atoms with Crippen LogP contribution >= 0.6 is 0 Å². The van der Waals surface area contributed by atoms with Crippen molar-refractivity contribution in [3.63, 3.8) is 0 Å². The van der Waals surface area contributed by atoms with Crippen LogP contribution < -0.4 is 0 Å². The molecule has 2 aliphatic rings. The molecule has 122 valence electrons. The Balaban J connectivity index is 2.07. The first kappa shape index (κ1) is 16.6. The molecule has 0 N–H and O–H groups in total. The first-order valence-electron chi connectivity index (χ1n) is 8.44. The highest BCUT2D eigenvalue weighted by molar-refractivity contribution is 5.68. The molecule has 0 aromatic heterocycles. The Labute approximate surface area is 129 Å². The molecule has 4 nitrogen and oxygen atoms in total. The van der Waals surface area contributed by atoms with Crippen molar-refractivity contribution >= 4 is 6.09 Å². The summed E-state index contributed by atoms with van der Waals surface area (Å²) in [4.78, 5) is 17.0. The Kier molecular flexibility index (Phi) is 5.18. The Hall–Kier alpha value is -0.770. The van der Waals surface area contributed by atoms with Gasteiger partial charge in [0.15, 0.2) is 0 Å². The van der Waals surface area contributed by atoms with Crippen LogP contribution in [-0.2, 0) is 4.74 Å². The quantitative estimate of drug-likeness (QED) is 0.744. The second-order valence-electron chi connectivity index (χ2n) is 8.05. The van der Waals surface area contributed by atoms with E-state index in [0.29, 0.717) is 17.9 Å². The van der Waals surface area contributed by atoms with E-state index in [9.17, 15) is 4.79 Å². The third-order valence-corrected chi connectivity index (χ3v) is 4.70. The minimum absolute atomic E-state index is 0.118. The Morgan fingerprint density at radius 3 is 2.48 bits per heavy atom. The van der Waals surface area contributed by atoms with E-state index in [0.717, 1.165) is 19.5 Å². The first-order valence-corrected chi connectivity index (χ1v) is 8.44. The van der Waals surface area contributed by atoms with Crippen LogP contribution in [0.5, 0.6) is 0 Å². The number of ether oxygens (including phenoxy) is 1. The number of rotatable bonds is 1. The van der Waals surface area contributed by atoms with Gasteiger partial charge in [0.05, 0.1) is 0 Å². The normalized spacial score (nSPS) is 32.0. The maximum absolute atomic E-state index is 12.6. The van der Waals surface area contributed by atoms with Crippen molar-refractivity contribution in [1.82, 2.24) is 9.80 Å². The van der Waals surface area contributed by atoms with Gasteiger partial charge in [-0.3, -0.25) is 0 Å². The summed E-state index contributed by atoms with van der Waals surface area (Å²) in [5, 5.41) is 0. The lowest BCUT2D eigenvalue weighted by molar-refractivity contribution is -0.0121. The molecule has 3 atom stereocenters. The molecule has 0 aromatic carbocycles. The summed E-state index contributed by atoms with van der Waals surface area (Å²) in [6, 6.07) is 0.360. The fourth-order valence-corrected chi connectivity index (χ4v) is 3.71. The van der Waals surface area contributed by atoms with Gasteiger partial charge in [-0.15, -0.1) is 0 Å². The predicted molar refractivity (Wildman–Crippen MR) is 85.3 cm³/mol. The molecule has 21 heavy (non-hydrogen) atoms. The highest BCUT2D eigenvalue weighted by Crippen LogP contribution is 2.32. The van der Waals surface area contributed by atoms with Crippen LogP contribution in [0.15, 0.2) is 0 Å². The van der Waals surface area contributed by atoms with E-state index in [-0.39, 0.29) is 6.09 Å². The zero-order valence-electron chi connectivity index (χ0n) is 14.4. The third kappa shape index (κ3) is 4.60. The van der Waals surface area contributed by atoms with Crippen molar-refractivity contribution in [2.75, 3.05) is 26.7 Å². The number of hydrogen-bond donors (Lipinski definition) is 0. The fraction of sp³-hybridized carbons (Fsp3) is 0.941. The van der Waals surface area contributed by atoms with Crippen molar-refractivity contribution in [3.05, 3.63) is 0 Å². The molecule has 0 saturated carbocycles. The van der Waals surface area contributed by atoms with Crippen LogP contribution in [0.4, 0.5) is 4.79 Å². The largest absolute Gasteiger partial charge is 0.444 e. The summed E-state index contributed by atoms with van der Waals surface area (Å²) in [5.74, 6) is 1.18. The molecule has 0 radical (unpaired) electrons. The van der Waals surface area contributed by atoms with E-state index in [1.54, 1.807) is 0 Å². The smallest absolute Gasteiger partial charge is 0.410 e. The van der Waals surface area contributed by atoms with Gasteiger partial charge >= 0.3 is 6.09 Å². The van der Waals surface area contributed by atoms with E-state index >= 15 is 0 Å². The number of piperidine rings is 2. The van der Waals surface area contributed by atoms with Crippen LogP contribution in [0, 0.1) is 11.8 Å². The van der Waals surface area contributed by atoms with Crippen LogP contribution in [-0.4, -0.2) is 54.2 Å². The molecule has 0 aromatic rings. The van der Waals surface area contributed by atoms with E-state index in [4.69, 9.17) is 4.74 Å². The van der Waals surface area contributed by atoms with Crippen LogP contribution in [0.2, 0.25) is 0 Å². The molecule has 0 bridgehead atoms. The topological polar surface area (TPSA) is 32.8 Å². The Bertz CT molecular complexity index is 364. The average molecular weight is 296 g/mol. The second-order valence-corrected chi connectivity index (χ2v) is 8.05. The summed E-state index contributed by atoms with van der Waals surface area (Å²) in [6.45, 7) is 11.2. The predicted octanol–water partition coefficient (Wildman–Crippen LogP) is 3.36. The standard InChI is InChI=1S/C17H32N2O2/c1-13-8-9-15(14-7-6-10-18(5)12-14)19(11-13)16(20)21-17(2,3)4/h13-15H,6-12H2,1-5H3/t13?,14?,15-/m0/s1. The van der Waals surface area contributed by atoms with Crippen molar-refractivity contribution in [1.29, 1.82) is 0 Å². The number of carbonyl (C=O) groups is 1. The average Bonchev–Trinajstić information content (AvgIpc) is 2.36. The monoisotopic (exact) mass is 296 g/mol. The molecule has 0 spiro atoms. The van der Waals surface area contributed by atoms with Crippen molar-refractivity contribution < 1.29 is 9.53 Å². The van der Waals surface area contributed by atoms with E-state index in [2.05, 4.69) is 18.9 Å². The first-order chi connectivity index (χ1) is 9.76. The second kappa shape index (κ2) is 6.55. The maximum Gasteiger partial charge on any atom is 0.410 e. The van der Waals surface area contributed by atoms with Gasteiger partial charge in [-0.25, -0.2) is 4.79 Å². The SMILES string of the molecule is CC1CC[C@@H](C2CCCN(C)C2)N(C(=O)OC(C)(C)C)C1. The number of hydrogen-bond acceptors (Lipinski definition) is 3. The van der Waals surface area contributed by atoms with Crippen LogP contribution in [0.3, 0.4) is 0 Å². The van der Waals surface area contributed by atoms with Gasteiger partial charge in [0.2, 0.25) is 0 Å². The molecule has 2 saturated heterocycles. The number of amides is 1. The van der Waals surface area contributed by atoms with Gasteiger partial charge < -0.3 is 14.5 Å². The van der Waals surface area contributed by atoms with Gasteiger partial charge in [-0.2, -0.15) is 0 Å². The molecule has 2 heterocycles. The fourth-order valence-electron chi connectivity index (χ4n) is 3.71. The minimum atomic E-state index is -0.411. The third-order valence-electron chi connectivity index (χ3n) is 4.70. The lowest BCUT2D eigenvalue weighted by Gasteiger charge is -2.45. The molecule has 4 heteroatoms. The van der Waals surface area contributed by atoms with Crippen LogP contribution in [0.1, 0.15) is 53.4 Å². The van der Waals surface area contributed by atoms with Crippen molar-refractivity contribution in [2.24, 2.45) is 11.8 Å². The van der Waals surface area contributed by atoms with Crippen molar-refractivity contribution in [3.8, 4) is 0 Å². The molecular weight excluding hydrogens is 264 g/mol. The summed E-state index contributed by atoms with van der Waals surface area (Å²) in [6.07, 6.45) is 4.72. The van der Waals surface area contributed by atoms with Gasteiger partial charge in [-0.05, 0) is 71.9 Å². The van der Waals surface area contributed by atoms with Gasteiger partial charge in [0.25, 0.3) is 0 Å². The van der Waals surface area contributed by atoms with Gasteiger partial charge in [-0.1, -0.05) is 6.92 Å². The number of carbonyl (C=O) groups excluding carboxylic acids is 1. The van der Waals surface area contributed by atoms with E-state index in [1.165, 1.54) is 25.8 Å². The maximum atomic E-state index is 12.6. The highest BCUT2D eigenvalue weighted by atomic mass is 16.6. The lowest BCUT2D eigenvalue weighted by atomic mass is 9.82. The van der Waals surface area contributed by atoms with Crippen LogP contribution in [0.25, 0.3) is 0 Å². The lowest BCUT2D eigenvalue weighted by Crippen LogP contribution is -2.54. The molecule has 2 rings (SSSR count). The summed E-state index contributed by atoms with van der Waals surface area (Å²) < 4.78 is 5.65. The molecule has 1 amide bonds. The number of likely N-dealkylation sites (tertiary alicyclic amines) is 2. The minimum Gasteiger partial charge on any atom is -0.444 e. The van der Waals surface area contributed by atoms with Gasteiger partial charge in [0.1, 0.15) is 5.60 Å². The zero-order chi connectivity index (χ0) is 15.6. The van der Waals surface area contributed by atoms with E-state index < -0.39 is 5.60 Å². The van der Waals surface area contributed by atoms with E-state index in [1.807, 2.05) is 25.7 Å². The highest BCUT2D eigenvalue weighted by Gasteiger charge is 2.38. The molecular formula is C17H32N2O2. The Morgan fingerprint density at radius 2 is 1.86 bits per heavy atom. The number of nitrogens with zero attached hydrogens (tertiary/aromatic N) is 2. The van der Waals surface area contributed by atoms with Gasteiger partial charge in [0, 0.05) is 19.1 Å². The summed E-state index contributed by atoms with van der Waals surface area (Å²) in [7, 11) is 2.19. The molecule has 2 aliphatic heterocycles. The summed E-state index contributed by atoms with van der Waals surface area (Å²) >= 11 is 0. The van der Waals surface area contributed by atoms with Crippen molar-refractivity contribution in [2.45, 2.75) is 65.0 Å². The summed E-state index contributed by atoms with van der Waals surface area (Å²) in [5.41, 5.74) is -0.411.